The number of nitrogens with two attached hydrogens (primary N) is 1. The van der Waals surface area contributed by atoms with Gasteiger partial charge in [-0.2, -0.15) is 0 Å². The largest absolute Gasteiger partial charge is 0.367 e. The molecular formula is C13H18ClN3O. The molecule has 5 heteroatoms. The van der Waals surface area contributed by atoms with E-state index in [0.717, 1.165) is 23.8 Å². The number of anilines is 1. The van der Waals surface area contributed by atoms with Crippen molar-refractivity contribution in [1.82, 2.24) is 4.90 Å². The molecule has 2 rings (SSSR count). The summed E-state index contributed by atoms with van der Waals surface area (Å²) in [5.41, 5.74) is 6.65. The molecule has 0 unspecified atom stereocenters. The summed E-state index contributed by atoms with van der Waals surface area (Å²) in [6, 6.07) is 7.36. The van der Waals surface area contributed by atoms with Gasteiger partial charge in [0.1, 0.15) is 0 Å². The molecule has 18 heavy (non-hydrogen) atoms. The molecule has 1 heterocycles. The van der Waals surface area contributed by atoms with Crippen LogP contribution >= 0.6 is 11.6 Å². The van der Waals surface area contributed by atoms with Crippen LogP contribution in [0.3, 0.4) is 0 Å². The number of para-hydroxylation sites is 1. The topological polar surface area (TPSA) is 49.6 Å². The maximum Gasteiger partial charge on any atom is 0.239 e. The molecule has 1 saturated heterocycles. The highest BCUT2D eigenvalue weighted by atomic mass is 35.5. The Morgan fingerprint density at radius 1 is 1.28 bits per heavy atom. The summed E-state index contributed by atoms with van der Waals surface area (Å²) in [5, 5.41) is 0.754. The predicted octanol–water partition coefficient (Wildman–Crippen LogP) is 1.34. The smallest absolute Gasteiger partial charge is 0.239 e. The fourth-order valence-corrected chi connectivity index (χ4v) is 2.42. The Kier molecular flexibility index (Phi) is 4.09. The zero-order valence-corrected chi connectivity index (χ0v) is 11.2. The maximum absolute atomic E-state index is 11.8. The SMILES string of the molecule is C[C@@H](N)C(=O)N1CCN(c2ccccc2Cl)CC1. The first-order valence-electron chi connectivity index (χ1n) is 6.13. The van der Waals surface area contributed by atoms with Crippen molar-refractivity contribution in [1.29, 1.82) is 0 Å². The average molecular weight is 268 g/mol. The van der Waals surface area contributed by atoms with Crippen molar-refractivity contribution in [2.45, 2.75) is 13.0 Å². The summed E-state index contributed by atoms with van der Waals surface area (Å²) < 4.78 is 0. The van der Waals surface area contributed by atoms with Crippen molar-refractivity contribution in [2.24, 2.45) is 5.73 Å². The summed E-state index contributed by atoms with van der Waals surface area (Å²) in [6.45, 7) is 4.71. The van der Waals surface area contributed by atoms with Gasteiger partial charge in [0.2, 0.25) is 5.91 Å². The van der Waals surface area contributed by atoms with E-state index < -0.39 is 6.04 Å². The Balaban J connectivity index is 1.99. The van der Waals surface area contributed by atoms with Crippen LogP contribution in [0.25, 0.3) is 0 Å². The van der Waals surface area contributed by atoms with Gasteiger partial charge in [-0.15, -0.1) is 0 Å². The van der Waals surface area contributed by atoms with Crippen molar-refractivity contribution >= 4 is 23.2 Å². The van der Waals surface area contributed by atoms with Gasteiger partial charge in [-0.1, -0.05) is 23.7 Å². The highest BCUT2D eigenvalue weighted by Gasteiger charge is 2.23. The lowest BCUT2D eigenvalue weighted by atomic mass is 10.2. The first kappa shape index (κ1) is 13.2. The molecule has 1 atom stereocenters. The molecule has 4 nitrogen and oxygen atoms in total. The fourth-order valence-electron chi connectivity index (χ4n) is 2.16. The molecule has 98 valence electrons. The van der Waals surface area contributed by atoms with E-state index in [-0.39, 0.29) is 5.91 Å². The van der Waals surface area contributed by atoms with Crippen LogP contribution < -0.4 is 10.6 Å². The van der Waals surface area contributed by atoms with Gasteiger partial charge in [0.25, 0.3) is 0 Å². The van der Waals surface area contributed by atoms with Crippen LogP contribution in [0.15, 0.2) is 24.3 Å². The Labute approximate surface area is 112 Å². The molecule has 2 N–H and O–H groups in total. The van der Waals surface area contributed by atoms with Crippen LogP contribution in [0.4, 0.5) is 5.69 Å². The average Bonchev–Trinajstić information content (AvgIpc) is 2.38. The van der Waals surface area contributed by atoms with Crippen molar-refractivity contribution in [3.05, 3.63) is 29.3 Å². The third-order valence-electron chi connectivity index (χ3n) is 3.17. The number of carbonyl (C=O) groups excluding carboxylic acids is 1. The van der Waals surface area contributed by atoms with E-state index in [9.17, 15) is 4.79 Å². The molecule has 0 saturated carbocycles. The molecule has 1 aromatic carbocycles. The Morgan fingerprint density at radius 3 is 2.44 bits per heavy atom. The summed E-state index contributed by atoms with van der Waals surface area (Å²) in [4.78, 5) is 15.8. The van der Waals surface area contributed by atoms with Crippen molar-refractivity contribution in [3.8, 4) is 0 Å². The lowest BCUT2D eigenvalue weighted by Gasteiger charge is -2.37. The van der Waals surface area contributed by atoms with Gasteiger partial charge < -0.3 is 15.5 Å². The minimum atomic E-state index is -0.420. The Bertz CT molecular complexity index is 428. The fraction of sp³-hybridized carbons (Fsp3) is 0.462. The van der Waals surface area contributed by atoms with Gasteiger partial charge in [0.05, 0.1) is 16.8 Å². The van der Waals surface area contributed by atoms with E-state index in [1.165, 1.54) is 0 Å². The predicted molar refractivity (Wildman–Crippen MR) is 73.9 cm³/mol. The van der Waals surface area contributed by atoms with E-state index in [0.29, 0.717) is 13.1 Å². The number of hydrogen-bond acceptors (Lipinski definition) is 3. The number of rotatable bonds is 2. The molecule has 1 aromatic rings. The normalized spacial score (nSPS) is 17.7. The zero-order valence-electron chi connectivity index (χ0n) is 10.5. The number of nitrogens with zero attached hydrogens (tertiary/aromatic N) is 2. The van der Waals surface area contributed by atoms with Gasteiger partial charge in [0.15, 0.2) is 0 Å². The van der Waals surface area contributed by atoms with E-state index in [1.54, 1.807) is 6.92 Å². The lowest BCUT2D eigenvalue weighted by Crippen LogP contribution is -2.52. The van der Waals surface area contributed by atoms with Crippen molar-refractivity contribution < 1.29 is 4.79 Å². The monoisotopic (exact) mass is 267 g/mol. The quantitative estimate of drug-likeness (QED) is 0.880. The highest BCUT2D eigenvalue weighted by molar-refractivity contribution is 6.33. The maximum atomic E-state index is 11.8. The summed E-state index contributed by atoms with van der Waals surface area (Å²) in [5.74, 6) is 0.0220. The number of hydrogen-bond donors (Lipinski definition) is 1. The van der Waals surface area contributed by atoms with Gasteiger partial charge in [-0.3, -0.25) is 4.79 Å². The first-order chi connectivity index (χ1) is 8.59. The van der Waals surface area contributed by atoms with Crippen LogP contribution in [0, 0.1) is 0 Å². The van der Waals surface area contributed by atoms with Crippen LogP contribution in [0.5, 0.6) is 0 Å². The van der Waals surface area contributed by atoms with Gasteiger partial charge in [-0.05, 0) is 19.1 Å². The molecule has 1 fully saturated rings. The third kappa shape index (κ3) is 2.76. The lowest BCUT2D eigenvalue weighted by molar-refractivity contribution is -0.132. The first-order valence-corrected chi connectivity index (χ1v) is 6.51. The molecule has 1 aliphatic heterocycles. The van der Waals surface area contributed by atoms with Crippen LogP contribution in [0.1, 0.15) is 6.92 Å². The number of amides is 1. The second kappa shape index (κ2) is 5.59. The number of benzene rings is 1. The molecule has 1 aliphatic rings. The molecule has 0 aliphatic carbocycles. The molecular weight excluding hydrogens is 250 g/mol. The Morgan fingerprint density at radius 2 is 1.89 bits per heavy atom. The standard InChI is InChI=1S/C13H18ClN3O/c1-10(15)13(18)17-8-6-16(7-9-17)12-5-3-2-4-11(12)14/h2-5,10H,6-9,15H2,1H3/t10-/m1/s1. The van der Waals surface area contributed by atoms with E-state index >= 15 is 0 Å². The second-order valence-electron chi connectivity index (χ2n) is 4.55. The van der Waals surface area contributed by atoms with E-state index in [1.807, 2.05) is 29.2 Å². The summed E-state index contributed by atoms with van der Waals surface area (Å²) in [7, 11) is 0. The third-order valence-corrected chi connectivity index (χ3v) is 3.49. The van der Waals surface area contributed by atoms with Gasteiger partial charge in [-0.25, -0.2) is 0 Å². The molecule has 0 spiro atoms. The van der Waals surface area contributed by atoms with E-state index in [4.69, 9.17) is 17.3 Å². The molecule has 0 radical (unpaired) electrons. The highest BCUT2D eigenvalue weighted by Crippen LogP contribution is 2.25. The summed E-state index contributed by atoms with van der Waals surface area (Å²) in [6.07, 6.45) is 0. The molecule has 0 aromatic heterocycles. The summed E-state index contributed by atoms with van der Waals surface area (Å²) >= 11 is 6.16. The van der Waals surface area contributed by atoms with Gasteiger partial charge >= 0.3 is 0 Å². The van der Waals surface area contributed by atoms with Gasteiger partial charge in [0, 0.05) is 26.2 Å². The number of carbonyl (C=O) groups is 1. The minimum absolute atomic E-state index is 0.0220. The number of halogens is 1. The second-order valence-corrected chi connectivity index (χ2v) is 4.96. The van der Waals surface area contributed by atoms with E-state index in [2.05, 4.69) is 4.90 Å². The number of piperazine rings is 1. The molecule has 0 bridgehead atoms. The molecule has 1 amide bonds. The Hall–Kier alpha value is -1.26. The minimum Gasteiger partial charge on any atom is -0.367 e. The van der Waals surface area contributed by atoms with Crippen molar-refractivity contribution in [3.63, 3.8) is 0 Å². The van der Waals surface area contributed by atoms with Crippen molar-refractivity contribution in [2.75, 3.05) is 31.1 Å². The van der Waals surface area contributed by atoms with Crippen LogP contribution in [-0.4, -0.2) is 43.0 Å². The zero-order chi connectivity index (χ0) is 13.1. The van der Waals surface area contributed by atoms with Crippen LogP contribution in [-0.2, 0) is 4.79 Å². The van der Waals surface area contributed by atoms with Crippen LogP contribution in [0.2, 0.25) is 5.02 Å².